The van der Waals surface area contributed by atoms with E-state index in [2.05, 4.69) is 34.0 Å². The van der Waals surface area contributed by atoms with Gasteiger partial charge in [0.1, 0.15) is 0 Å². The summed E-state index contributed by atoms with van der Waals surface area (Å²) in [6, 6.07) is 9.77. The van der Waals surface area contributed by atoms with Crippen molar-refractivity contribution in [2.45, 2.75) is 50.7 Å². The first-order chi connectivity index (χ1) is 11.1. The second kappa shape index (κ2) is 5.38. The molecule has 0 aliphatic carbocycles. The number of aryl methyl sites for hydroxylation is 1. The summed E-state index contributed by atoms with van der Waals surface area (Å²) in [5.41, 5.74) is 3.01. The van der Waals surface area contributed by atoms with E-state index in [0.717, 1.165) is 35.0 Å². The Hall–Kier alpha value is -1.81. The molecule has 0 radical (unpaired) electrons. The number of nitrogens with zero attached hydrogens (tertiary/aromatic N) is 2. The van der Waals surface area contributed by atoms with E-state index in [0.29, 0.717) is 18.1 Å². The third-order valence-electron chi connectivity index (χ3n) is 6.06. The van der Waals surface area contributed by atoms with E-state index >= 15 is 0 Å². The van der Waals surface area contributed by atoms with Gasteiger partial charge in [0, 0.05) is 41.8 Å². The first kappa shape index (κ1) is 14.8. The highest BCUT2D eigenvalue weighted by atomic mass is 16.1. The molecule has 2 saturated heterocycles. The molecule has 1 N–H and O–H groups in total. The summed E-state index contributed by atoms with van der Waals surface area (Å²) in [6.07, 6.45) is 4.73. The number of carbonyl (C=O) groups is 1. The predicted molar refractivity (Wildman–Crippen MR) is 92.7 cm³/mol. The molecule has 4 heteroatoms. The molecule has 0 saturated carbocycles. The Morgan fingerprint density at radius 1 is 1.13 bits per heavy atom. The number of hydrogen-bond acceptors (Lipinski definition) is 2. The molecule has 3 heterocycles. The van der Waals surface area contributed by atoms with Crippen LogP contribution in [0.15, 0.2) is 24.3 Å². The van der Waals surface area contributed by atoms with Gasteiger partial charge < -0.3 is 14.8 Å². The second-order valence-corrected chi connectivity index (χ2v) is 7.23. The number of rotatable bonds is 2. The summed E-state index contributed by atoms with van der Waals surface area (Å²) in [5.74, 6) is 0.0910. The molecule has 4 rings (SSSR count). The molecule has 2 fully saturated rings. The lowest BCUT2D eigenvalue weighted by Gasteiger charge is -2.36. The van der Waals surface area contributed by atoms with E-state index in [9.17, 15) is 4.79 Å². The van der Waals surface area contributed by atoms with Crippen molar-refractivity contribution in [3.05, 3.63) is 35.5 Å². The third-order valence-corrected chi connectivity index (χ3v) is 6.06. The van der Waals surface area contributed by atoms with Crippen molar-refractivity contribution in [1.82, 2.24) is 14.8 Å². The highest BCUT2D eigenvalue weighted by molar-refractivity contribution is 6.08. The first-order valence-corrected chi connectivity index (χ1v) is 8.63. The molecular formula is C19H25N3O. The van der Waals surface area contributed by atoms with Gasteiger partial charge in [0.2, 0.25) is 0 Å². The lowest BCUT2D eigenvalue weighted by atomic mass is 9.97. The minimum Gasteiger partial charge on any atom is -0.349 e. The molecule has 122 valence electrons. The van der Waals surface area contributed by atoms with Crippen LogP contribution in [0.4, 0.5) is 0 Å². The van der Waals surface area contributed by atoms with Crippen LogP contribution in [0.3, 0.4) is 0 Å². The number of para-hydroxylation sites is 1. The van der Waals surface area contributed by atoms with Crippen LogP contribution >= 0.6 is 0 Å². The maximum atomic E-state index is 12.9. The van der Waals surface area contributed by atoms with Crippen LogP contribution in [-0.2, 0) is 7.05 Å². The highest BCUT2D eigenvalue weighted by Crippen LogP contribution is 2.34. The van der Waals surface area contributed by atoms with Gasteiger partial charge in [-0.05, 0) is 45.7 Å². The molecule has 1 amide bonds. The Bertz CT molecular complexity index is 749. The Kier molecular flexibility index (Phi) is 3.45. The number of hydrogen-bond donors (Lipinski definition) is 1. The van der Waals surface area contributed by atoms with E-state index in [-0.39, 0.29) is 5.91 Å². The number of benzene rings is 1. The monoisotopic (exact) mass is 311 g/mol. The van der Waals surface area contributed by atoms with Crippen LogP contribution in [0.5, 0.6) is 0 Å². The van der Waals surface area contributed by atoms with Crippen molar-refractivity contribution >= 4 is 16.8 Å². The van der Waals surface area contributed by atoms with Gasteiger partial charge in [-0.2, -0.15) is 0 Å². The van der Waals surface area contributed by atoms with Crippen molar-refractivity contribution in [3.8, 4) is 0 Å². The fourth-order valence-electron chi connectivity index (χ4n) is 4.59. The van der Waals surface area contributed by atoms with Crippen molar-refractivity contribution < 1.29 is 4.79 Å². The molecule has 0 unspecified atom stereocenters. The minimum atomic E-state index is 0.0910. The summed E-state index contributed by atoms with van der Waals surface area (Å²) in [6.45, 7) is 2.03. The van der Waals surface area contributed by atoms with E-state index in [4.69, 9.17) is 0 Å². The number of amides is 1. The number of piperidine rings is 1. The van der Waals surface area contributed by atoms with Crippen LogP contribution in [0.25, 0.3) is 10.9 Å². The van der Waals surface area contributed by atoms with Gasteiger partial charge in [-0.3, -0.25) is 4.79 Å². The normalized spacial score (nSPS) is 27.5. The zero-order valence-corrected chi connectivity index (χ0v) is 14.2. The summed E-state index contributed by atoms with van der Waals surface area (Å²) in [7, 11) is 4.26. The molecule has 1 aromatic carbocycles. The van der Waals surface area contributed by atoms with Crippen molar-refractivity contribution in [2.75, 3.05) is 7.05 Å². The first-order valence-electron chi connectivity index (χ1n) is 8.63. The van der Waals surface area contributed by atoms with E-state index < -0.39 is 0 Å². The molecule has 23 heavy (non-hydrogen) atoms. The smallest absolute Gasteiger partial charge is 0.253 e. The van der Waals surface area contributed by atoms with Crippen LogP contribution in [0.1, 0.15) is 41.7 Å². The van der Waals surface area contributed by atoms with Gasteiger partial charge >= 0.3 is 0 Å². The Labute approximate surface area is 137 Å². The molecular weight excluding hydrogens is 286 g/mol. The molecule has 4 nitrogen and oxygen atoms in total. The zero-order chi connectivity index (χ0) is 16.1. The molecule has 2 aliphatic rings. The van der Waals surface area contributed by atoms with Gasteiger partial charge in [0.25, 0.3) is 5.91 Å². The maximum absolute atomic E-state index is 12.9. The van der Waals surface area contributed by atoms with Crippen LogP contribution < -0.4 is 5.32 Å². The second-order valence-electron chi connectivity index (χ2n) is 7.23. The topological polar surface area (TPSA) is 37.3 Å². The number of carbonyl (C=O) groups excluding carboxylic acids is 1. The Morgan fingerprint density at radius 3 is 2.48 bits per heavy atom. The summed E-state index contributed by atoms with van der Waals surface area (Å²) in [5, 5.41) is 4.38. The SMILES string of the molecule is Cc1c(C(=O)N[C@H]2C[C@H]3CC[C@@H](C2)N3C)c2ccccc2n1C. The molecule has 2 bridgehead atoms. The maximum Gasteiger partial charge on any atom is 0.253 e. The molecule has 2 aromatic rings. The predicted octanol–water partition coefficient (Wildman–Crippen LogP) is 2.84. The van der Waals surface area contributed by atoms with Crippen molar-refractivity contribution in [3.63, 3.8) is 0 Å². The van der Waals surface area contributed by atoms with E-state index in [1.165, 1.54) is 12.8 Å². The average Bonchev–Trinajstić information content (AvgIpc) is 2.90. The minimum absolute atomic E-state index is 0.0910. The van der Waals surface area contributed by atoms with Gasteiger partial charge in [-0.15, -0.1) is 0 Å². The fraction of sp³-hybridized carbons (Fsp3) is 0.526. The molecule has 1 aromatic heterocycles. The summed E-state index contributed by atoms with van der Waals surface area (Å²) < 4.78 is 2.11. The fourth-order valence-corrected chi connectivity index (χ4v) is 4.59. The van der Waals surface area contributed by atoms with Crippen LogP contribution in [0, 0.1) is 6.92 Å². The van der Waals surface area contributed by atoms with Crippen LogP contribution in [-0.4, -0.2) is 40.5 Å². The van der Waals surface area contributed by atoms with Gasteiger partial charge in [0.15, 0.2) is 0 Å². The number of fused-ring (bicyclic) bond motifs is 3. The van der Waals surface area contributed by atoms with E-state index in [1.54, 1.807) is 0 Å². The number of aromatic nitrogens is 1. The lowest BCUT2D eigenvalue weighted by Crippen LogP contribution is -2.48. The van der Waals surface area contributed by atoms with Gasteiger partial charge in [-0.1, -0.05) is 18.2 Å². The van der Waals surface area contributed by atoms with Gasteiger partial charge in [-0.25, -0.2) is 0 Å². The largest absolute Gasteiger partial charge is 0.349 e. The van der Waals surface area contributed by atoms with Crippen molar-refractivity contribution in [2.24, 2.45) is 7.05 Å². The Morgan fingerprint density at radius 2 is 1.78 bits per heavy atom. The number of nitrogens with one attached hydrogen (secondary N) is 1. The molecule has 2 aliphatic heterocycles. The summed E-state index contributed by atoms with van der Waals surface area (Å²) >= 11 is 0. The highest BCUT2D eigenvalue weighted by Gasteiger charge is 2.39. The molecule has 3 atom stereocenters. The summed E-state index contributed by atoms with van der Waals surface area (Å²) in [4.78, 5) is 15.4. The van der Waals surface area contributed by atoms with E-state index in [1.807, 2.05) is 26.1 Å². The standard InChI is InChI=1S/C19H25N3O/c1-12-18(16-6-4-5-7-17(16)21(12)2)19(23)20-13-10-14-8-9-15(11-13)22(14)3/h4-7,13-15H,8-11H2,1-3H3,(H,20,23)/t13-,14+,15-. The Balaban J connectivity index is 1.60. The average molecular weight is 311 g/mol. The zero-order valence-electron chi connectivity index (χ0n) is 14.2. The third kappa shape index (κ3) is 2.27. The lowest BCUT2D eigenvalue weighted by molar-refractivity contribution is 0.0883. The molecule has 0 spiro atoms. The van der Waals surface area contributed by atoms with Gasteiger partial charge in [0.05, 0.1) is 5.56 Å². The quantitative estimate of drug-likeness (QED) is 0.926. The van der Waals surface area contributed by atoms with Crippen LogP contribution in [0.2, 0.25) is 0 Å². The van der Waals surface area contributed by atoms with Crippen molar-refractivity contribution in [1.29, 1.82) is 0 Å².